The highest BCUT2D eigenvalue weighted by Crippen LogP contribution is 2.28. The van der Waals surface area contributed by atoms with Gasteiger partial charge in [-0.05, 0) is 18.9 Å². The molecule has 0 saturated carbocycles. The van der Waals surface area contributed by atoms with Gasteiger partial charge in [-0.15, -0.1) is 0 Å². The lowest BCUT2D eigenvalue weighted by Gasteiger charge is -2.29. The van der Waals surface area contributed by atoms with Crippen molar-refractivity contribution in [1.29, 1.82) is 0 Å². The van der Waals surface area contributed by atoms with Crippen molar-refractivity contribution in [3.63, 3.8) is 0 Å². The Hall–Kier alpha value is -1.71. The molecule has 0 amide bonds. The average Bonchev–Trinajstić information content (AvgIpc) is 2.38. The van der Waals surface area contributed by atoms with Crippen molar-refractivity contribution in [3.05, 3.63) is 28.3 Å². The Labute approximate surface area is 116 Å². The highest BCUT2D eigenvalue weighted by Gasteiger charge is 2.31. The van der Waals surface area contributed by atoms with E-state index < -0.39 is 21.1 Å². The Morgan fingerprint density at radius 2 is 2.15 bits per heavy atom. The van der Waals surface area contributed by atoms with Gasteiger partial charge < -0.3 is 10.8 Å². The smallest absolute Gasteiger partial charge is 0.270 e. The zero-order chi connectivity index (χ0) is 14.9. The van der Waals surface area contributed by atoms with Crippen LogP contribution < -0.4 is 5.73 Å². The molecule has 1 fully saturated rings. The van der Waals surface area contributed by atoms with Gasteiger partial charge in [0, 0.05) is 25.2 Å². The van der Waals surface area contributed by atoms with Crippen LogP contribution in [0, 0.1) is 10.1 Å². The van der Waals surface area contributed by atoms with Crippen LogP contribution in [0.15, 0.2) is 23.1 Å². The van der Waals surface area contributed by atoms with E-state index in [-0.39, 0.29) is 29.4 Å². The van der Waals surface area contributed by atoms with Crippen LogP contribution in [0.5, 0.6) is 0 Å². The summed E-state index contributed by atoms with van der Waals surface area (Å²) in [7, 11) is -3.94. The summed E-state index contributed by atoms with van der Waals surface area (Å²) in [6.07, 6.45) is 0.351. The molecule has 1 aromatic carbocycles. The van der Waals surface area contributed by atoms with E-state index in [0.717, 1.165) is 16.4 Å². The molecule has 8 nitrogen and oxygen atoms in total. The summed E-state index contributed by atoms with van der Waals surface area (Å²) < 4.78 is 26.0. The van der Waals surface area contributed by atoms with Gasteiger partial charge in [0.15, 0.2) is 0 Å². The summed E-state index contributed by atoms with van der Waals surface area (Å²) >= 11 is 0. The quantitative estimate of drug-likeness (QED) is 0.470. The highest BCUT2D eigenvalue weighted by atomic mass is 32.2. The van der Waals surface area contributed by atoms with Crippen LogP contribution in [0.3, 0.4) is 0 Å². The van der Waals surface area contributed by atoms with Crippen LogP contribution in [0.25, 0.3) is 0 Å². The molecule has 1 aromatic rings. The zero-order valence-electron chi connectivity index (χ0n) is 10.6. The van der Waals surface area contributed by atoms with Gasteiger partial charge >= 0.3 is 0 Å². The van der Waals surface area contributed by atoms with Crippen molar-refractivity contribution >= 4 is 21.4 Å². The number of rotatable bonds is 3. The molecule has 1 heterocycles. The average molecular weight is 301 g/mol. The molecule has 0 aromatic heterocycles. The van der Waals surface area contributed by atoms with E-state index in [9.17, 15) is 23.6 Å². The number of sulfonamides is 1. The number of nitrogens with zero attached hydrogens (tertiary/aromatic N) is 2. The van der Waals surface area contributed by atoms with E-state index >= 15 is 0 Å². The lowest BCUT2D eigenvalue weighted by Crippen LogP contribution is -2.42. The number of hydrogen-bond donors (Lipinski definition) is 2. The minimum Gasteiger partial charge on any atom is -0.398 e. The first-order valence-electron chi connectivity index (χ1n) is 6.04. The number of nitrogen functional groups attached to an aromatic ring is 1. The van der Waals surface area contributed by atoms with Crippen molar-refractivity contribution in [2.75, 3.05) is 18.8 Å². The first kappa shape index (κ1) is 14.7. The molecule has 1 aliphatic rings. The number of benzene rings is 1. The standard InChI is InChI=1S/C11H15N3O5S/c12-10-4-3-8(14(16)17)6-11(10)20(18,19)13-5-1-2-9(15)7-13/h3-4,6,9,15H,1-2,5,7,12H2. The highest BCUT2D eigenvalue weighted by molar-refractivity contribution is 7.89. The van der Waals surface area contributed by atoms with Crippen LogP contribution in [0.1, 0.15) is 12.8 Å². The van der Waals surface area contributed by atoms with Crippen molar-refractivity contribution in [2.45, 2.75) is 23.8 Å². The molecule has 1 atom stereocenters. The summed E-state index contributed by atoms with van der Waals surface area (Å²) in [5.74, 6) is 0. The molecule has 0 spiro atoms. The van der Waals surface area contributed by atoms with Crippen molar-refractivity contribution in [1.82, 2.24) is 4.31 Å². The topological polar surface area (TPSA) is 127 Å². The molecule has 3 N–H and O–H groups in total. The Bertz CT molecular complexity index is 631. The van der Waals surface area contributed by atoms with Crippen LogP contribution in [0.2, 0.25) is 0 Å². The number of nitrogens with two attached hydrogens (primary N) is 1. The second kappa shape index (κ2) is 5.35. The zero-order valence-corrected chi connectivity index (χ0v) is 11.4. The Kier molecular flexibility index (Phi) is 3.93. The third-order valence-electron chi connectivity index (χ3n) is 3.19. The van der Waals surface area contributed by atoms with Crippen molar-refractivity contribution in [3.8, 4) is 0 Å². The van der Waals surface area contributed by atoms with Crippen molar-refractivity contribution in [2.24, 2.45) is 0 Å². The monoisotopic (exact) mass is 301 g/mol. The van der Waals surface area contributed by atoms with Gasteiger partial charge in [0.2, 0.25) is 10.0 Å². The predicted octanol–water partition coefficient (Wildman–Crippen LogP) is 0.322. The number of aliphatic hydroxyl groups excluding tert-OH is 1. The fourth-order valence-electron chi connectivity index (χ4n) is 2.14. The first-order chi connectivity index (χ1) is 9.32. The Morgan fingerprint density at radius 3 is 2.75 bits per heavy atom. The molecule has 0 radical (unpaired) electrons. The maximum Gasteiger partial charge on any atom is 0.270 e. The summed E-state index contributed by atoms with van der Waals surface area (Å²) in [4.78, 5) is 9.77. The van der Waals surface area contributed by atoms with Crippen LogP contribution in [0.4, 0.5) is 11.4 Å². The van der Waals surface area contributed by atoms with Gasteiger partial charge in [-0.2, -0.15) is 4.31 Å². The van der Waals surface area contributed by atoms with E-state index in [2.05, 4.69) is 0 Å². The molecule has 9 heteroatoms. The maximum atomic E-state index is 12.4. The predicted molar refractivity (Wildman–Crippen MR) is 71.5 cm³/mol. The second-order valence-corrected chi connectivity index (χ2v) is 6.54. The van der Waals surface area contributed by atoms with Crippen molar-refractivity contribution < 1.29 is 18.4 Å². The molecule has 1 aliphatic heterocycles. The summed E-state index contributed by atoms with van der Waals surface area (Å²) in [5.41, 5.74) is 5.24. The minimum atomic E-state index is -3.94. The van der Waals surface area contributed by atoms with E-state index in [0.29, 0.717) is 12.8 Å². The second-order valence-electron chi connectivity index (χ2n) is 4.64. The number of nitro benzene ring substituents is 1. The van der Waals surface area contributed by atoms with Gasteiger partial charge in [-0.1, -0.05) is 0 Å². The van der Waals surface area contributed by atoms with Gasteiger partial charge in [-0.25, -0.2) is 8.42 Å². The van der Waals surface area contributed by atoms with Gasteiger partial charge in [0.25, 0.3) is 5.69 Å². The van der Waals surface area contributed by atoms with E-state index in [4.69, 9.17) is 5.73 Å². The maximum absolute atomic E-state index is 12.4. The molecule has 1 unspecified atom stereocenters. The molecule has 0 aliphatic carbocycles. The van der Waals surface area contributed by atoms with Crippen LogP contribution in [-0.2, 0) is 10.0 Å². The van der Waals surface area contributed by atoms with Gasteiger partial charge in [0.1, 0.15) is 4.90 Å². The molecule has 110 valence electrons. The normalized spacial score (nSPS) is 20.8. The number of β-amino-alcohol motifs (C(OH)–C–C–N with tert-alkyl or cyclic N) is 1. The molecule has 1 saturated heterocycles. The fraction of sp³-hybridized carbons (Fsp3) is 0.455. The van der Waals surface area contributed by atoms with Gasteiger partial charge in [-0.3, -0.25) is 10.1 Å². The molecule has 0 bridgehead atoms. The fourth-order valence-corrected chi connectivity index (χ4v) is 3.79. The Balaban J connectivity index is 2.43. The Morgan fingerprint density at radius 1 is 1.45 bits per heavy atom. The summed E-state index contributed by atoms with van der Waals surface area (Å²) in [6.45, 7) is 0.242. The molecular weight excluding hydrogens is 286 g/mol. The minimum absolute atomic E-state index is 0.0233. The van der Waals surface area contributed by atoms with E-state index in [1.807, 2.05) is 0 Å². The number of hydrogen-bond acceptors (Lipinski definition) is 6. The number of piperidine rings is 1. The van der Waals surface area contributed by atoms with Crippen LogP contribution in [-0.4, -0.2) is 41.9 Å². The third kappa shape index (κ3) is 2.74. The number of nitro groups is 1. The third-order valence-corrected chi connectivity index (χ3v) is 5.11. The summed E-state index contributed by atoms with van der Waals surface area (Å²) in [6, 6.07) is 3.30. The summed E-state index contributed by atoms with van der Waals surface area (Å²) in [5, 5.41) is 20.3. The SMILES string of the molecule is Nc1ccc([N+](=O)[O-])cc1S(=O)(=O)N1CCCC(O)C1. The van der Waals surface area contributed by atoms with E-state index in [1.54, 1.807) is 0 Å². The van der Waals surface area contributed by atoms with Crippen LogP contribution >= 0.6 is 0 Å². The molecular formula is C11H15N3O5S. The molecule has 20 heavy (non-hydrogen) atoms. The molecule has 2 rings (SSSR count). The number of non-ortho nitro benzene ring substituents is 1. The lowest BCUT2D eigenvalue weighted by atomic mass is 10.1. The number of aliphatic hydroxyl groups is 1. The number of anilines is 1. The largest absolute Gasteiger partial charge is 0.398 e. The lowest BCUT2D eigenvalue weighted by molar-refractivity contribution is -0.385. The van der Waals surface area contributed by atoms with E-state index in [1.165, 1.54) is 6.07 Å². The first-order valence-corrected chi connectivity index (χ1v) is 7.48. The van der Waals surface area contributed by atoms with Gasteiger partial charge in [0.05, 0.1) is 16.7 Å².